The Morgan fingerprint density at radius 1 is 1.19 bits per heavy atom. The van der Waals surface area contributed by atoms with Crippen molar-refractivity contribution in [2.45, 2.75) is 18.1 Å². The van der Waals surface area contributed by atoms with Crippen molar-refractivity contribution in [3.8, 4) is 0 Å². The van der Waals surface area contributed by atoms with Gasteiger partial charge in [0, 0.05) is 32.7 Å². The number of hydrogen-bond donors (Lipinski definition) is 2. The molecule has 0 aromatic carbocycles. The van der Waals surface area contributed by atoms with Gasteiger partial charge in [0.1, 0.15) is 0 Å². The average molecular weight is 319 g/mol. The fourth-order valence-electron chi connectivity index (χ4n) is 2.70. The molecule has 2 aliphatic rings. The maximum absolute atomic E-state index is 12.0. The van der Waals surface area contributed by atoms with Crippen molar-refractivity contribution in [3.63, 3.8) is 0 Å². The Morgan fingerprint density at radius 2 is 1.86 bits per heavy atom. The molecule has 2 amide bonds. The molecular formula is C12H21N3O5S. The number of carboxylic acid groups (broad SMARTS) is 1. The van der Waals surface area contributed by atoms with Gasteiger partial charge in [-0.1, -0.05) is 0 Å². The van der Waals surface area contributed by atoms with Crippen LogP contribution in [0.2, 0.25) is 0 Å². The Labute approximate surface area is 124 Å². The molecule has 2 aliphatic heterocycles. The number of hydrogen-bond acceptors (Lipinski definition) is 5. The summed E-state index contributed by atoms with van der Waals surface area (Å²) >= 11 is 0. The van der Waals surface area contributed by atoms with E-state index >= 15 is 0 Å². The highest BCUT2D eigenvalue weighted by Gasteiger charge is 2.32. The molecule has 0 saturated carbocycles. The van der Waals surface area contributed by atoms with E-state index in [1.807, 2.05) is 0 Å². The van der Waals surface area contributed by atoms with E-state index in [2.05, 4.69) is 5.32 Å². The summed E-state index contributed by atoms with van der Waals surface area (Å²) in [6.07, 6.45) is 1.27. The third-order valence-corrected chi connectivity index (χ3v) is 6.24. The van der Waals surface area contributed by atoms with Gasteiger partial charge < -0.3 is 15.3 Å². The molecule has 2 fully saturated rings. The van der Waals surface area contributed by atoms with Crippen LogP contribution in [-0.4, -0.2) is 85.6 Å². The van der Waals surface area contributed by atoms with Crippen LogP contribution in [0.4, 0.5) is 4.79 Å². The van der Waals surface area contributed by atoms with Gasteiger partial charge >= 0.3 is 12.0 Å². The molecule has 2 rings (SSSR count). The number of nitrogens with one attached hydrogen (secondary N) is 1. The number of piperazine rings is 1. The van der Waals surface area contributed by atoms with Gasteiger partial charge in [0.15, 0.2) is 9.84 Å². The van der Waals surface area contributed by atoms with Crippen molar-refractivity contribution in [3.05, 3.63) is 0 Å². The van der Waals surface area contributed by atoms with Crippen LogP contribution in [0, 0.1) is 0 Å². The molecule has 0 bridgehead atoms. The van der Waals surface area contributed by atoms with Crippen molar-refractivity contribution in [1.82, 2.24) is 15.1 Å². The second kappa shape index (κ2) is 6.61. The highest BCUT2D eigenvalue weighted by atomic mass is 32.2. The molecule has 120 valence electrons. The van der Waals surface area contributed by atoms with Crippen molar-refractivity contribution < 1.29 is 23.1 Å². The number of carboxylic acids is 1. The normalized spacial score (nSPS) is 25.7. The van der Waals surface area contributed by atoms with Crippen LogP contribution in [0.5, 0.6) is 0 Å². The summed E-state index contributed by atoms with van der Waals surface area (Å²) in [7, 11) is -3.04. The number of carbonyl (C=O) groups is 2. The third kappa shape index (κ3) is 4.31. The molecule has 8 nitrogen and oxygen atoms in total. The number of urea groups is 1. The quantitative estimate of drug-likeness (QED) is 0.686. The summed E-state index contributed by atoms with van der Waals surface area (Å²) in [5.41, 5.74) is 0. The molecule has 0 radical (unpaired) electrons. The molecule has 0 spiro atoms. The third-order valence-electron chi connectivity index (χ3n) is 3.96. The summed E-state index contributed by atoms with van der Waals surface area (Å²) in [6.45, 7) is 2.09. The molecular weight excluding hydrogens is 298 g/mol. The standard InChI is InChI=1S/C12H21N3O5S/c16-11(17)9-14-3-5-15(6-4-14)12(18)13-8-10-2-1-7-21(10,19)20/h10H,1-9H2,(H,13,18)(H,16,17). The number of amides is 2. The lowest BCUT2D eigenvalue weighted by Gasteiger charge is -2.33. The van der Waals surface area contributed by atoms with E-state index in [0.717, 1.165) is 0 Å². The predicted octanol–water partition coefficient (Wildman–Crippen LogP) is -1.02. The van der Waals surface area contributed by atoms with Gasteiger partial charge in [-0.2, -0.15) is 0 Å². The molecule has 2 N–H and O–H groups in total. The SMILES string of the molecule is O=C(O)CN1CCN(C(=O)NCC2CCCS2(=O)=O)CC1. The van der Waals surface area contributed by atoms with Gasteiger partial charge in [-0.15, -0.1) is 0 Å². The van der Waals surface area contributed by atoms with E-state index in [0.29, 0.717) is 39.0 Å². The van der Waals surface area contributed by atoms with Gasteiger partial charge in [0.25, 0.3) is 0 Å². The fraction of sp³-hybridized carbons (Fsp3) is 0.833. The van der Waals surface area contributed by atoms with E-state index < -0.39 is 21.1 Å². The Bertz CT molecular complexity index is 499. The van der Waals surface area contributed by atoms with Gasteiger partial charge in [-0.05, 0) is 12.8 Å². The largest absolute Gasteiger partial charge is 0.480 e. The number of nitrogens with zero attached hydrogens (tertiary/aromatic N) is 2. The molecule has 1 unspecified atom stereocenters. The number of carbonyl (C=O) groups excluding carboxylic acids is 1. The van der Waals surface area contributed by atoms with E-state index in [4.69, 9.17) is 5.11 Å². The van der Waals surface area contributed by atoms with Crippen LogP contribution in [0.1, 0.15) is 12.8 Å². The fourth-order valence-corrected chi connectivity index (χ4v) is 4.47. The Morgan fingerprint density at radius 3 is 2.38 bits per heavy atom. The number of sulfone groups is 1. The van der Waals surface area contributed by atoms with Crippen LogP contribution in [0.3, 0.4) is 0 Å². The Balaban J connectivity index is 1.74. The lowest BCUT2D eigenvalue weighted by molar-refractivity contribution is -0.138. The Kier molecular flexibility index (Phi) is 5.04. The molecule has 2 saturated heterocycles. The van der Waals surface area contributed by atoms with Crippen LogP contribution in [0.15, 0.2) is 0 Å². The highest BCUT2D eigenvalue weighted by Crippen LogP contribution is 2.19. The smallest absolute Gasteiger partial charge is 0.317 e. The van der Waals surface area contributed by atoms with Gasteiger partial charge in [0.05, 0.1) is 17.5 Å². The highest BCUT2D eigenvalue weighted by molar-refractivity contribution is 7.92. The zero-order valence-corrected chi connectivity index (χ0v) is 12.6. The van der Waals surface area contributed by atoms with Crippen LogP contribution in [-0.2, 0) is 14.6 Å². The lowest BCUT2D eigenvalue weighted by Crippen LogP contribution is -2.53. The minimum Gasteiger partial charge on any atom is -0.480 e. The second-order valence-corrected chi connectivity index (χ2v) is 7.87. The molecule has 2 heterocycles. The van der Waals surface area contributed by atoms with Crippen molar-refractivity contribution in [2.24, 2.45) is 0 Å². The minimum atomic E-state index is -3.04. The first-order valence-electron chi connectivity index (χ1n) is 7.07. The number of rotatable bonds is 4. The number of aliphatic carboxylic acids is 1. The van der Waals surface area contributed by atoms with Crippen molar-refractivity contribution in [2.75, 3.05) is 45.0 Å². The zero-order valence-electron chi connectivity index (χ0n) is 11.8. The van der Waals surface area contributed by atoms with Crippen molar-refractivity contribution in [1.29, 1.82) is 0 Å². The van der Waals surface area contributed by atoms with E-state index in [9.17, 15) is 18.0 Å². The van der Waals surface area contributed by atoms with Crippen LogP contribution >= 0.6 is 0 Å². The maximum atomic E-state index is 12.0. The lowest BCUT2D eigenvalue weighted by atomic mass is 10.2. The summed E-state index contributed by atoms with van der Waals surface area (Å²) < 4.78 is 23.3. The monoisotopic (exact) mass is 319 g/mol. The molecule has 0 aromatic heterocycles. The molecule has 9 heteroatoms. The first-order valence-corrected chi connectivity index (χ1v) is 8.78. The average Bonchev–Trinajstić information content (AvgIpc) is 2.75. The summed E-state index contributed by atoms with van der Waals surface area (Å²) in [5, 5.41) is 10.9. The second-order valence-electron chi connectivity index (χ2n) is 5.47. The van der Waals surface area contributed by atoms with Crippen LogP contribution in [0.25, 0.3) is 0 Å². The van der Waals surface area contributed by atoms with E-state index in [-0.39, 0.29) is 24.9 Å². The summed E-state index contributed by atoms with van der Waals surface area (Å²) in [4.78, 5) is 26.0. The molecule has 21 heavy (non-hydrogen) atoms. The topological polar surface area (TPSA) is 107 Å². The summed E-state index contributed by atoms with van der Waals surface area (Å²) in [5.74, 6) is -0.666. The molecule has 0 aromatic rings. The Hall–Kier alpha value is -1.35. The van der Waals surface area contributed by atoms with Gasteiger partial charge in [-0.25, -0.2) is 13.2 Å². The van der Waals surface area contributed by atoms with Crippen molar-refractivity contribution >= 4 is 21.8 Å². The van der Waals surface area contributed by atoms with Crippen LogP contribution < -0.4 is 5.32 Å². The molecule has 0 aliphatic carbocycles. The van der Waals surface area contributed by atoms with E-state index in [1.165, 1.54) is 0 Å². The van der Waals surface area contributed by atoms with Gasteiger partial charge in [-0.3, -0.25) is 9.69 Å². The first-order chi connectivity index (χ1) is 9.88. The molecule has 1 atom stereocenters. The van der Waals surface area contributed by atoms with E-state index in [1.54, 1.807) is 9.80 Å². The predicted molar refractivity (Wildman–Crippen MR) is 75.9 cm³/mol. The minimum absolute atomic E-state index is 0.0181. The summed E-state index contributed by atoms with van der Waals surface area (Å²) in [6, 6.07) is -0.271. The maximum Gasteiger partial charge on any atom is 0.317 e. The first kappa shape index (κ1) is 16.0. The zero-order chi connectivity index (χ0) is 15.5. The van der Waals surface area contributed by atoms with Gasteiger partial charge in [0.2, 0.25) is 0 Å².